The number of halogens is 1. The predicted octanol–water partition coefficient (Wildman–Crippen LogP) is 5.04. The lowest BCUT2D eigenvalue weighted by Gasteiger charge is -2.25. The van der Waals surface area contributed by atoms with Gasteiger partial charge in [-0.15, -0.1) is 0 Å². The van der Waals surface area contributed by atoms with Gasteiger partial charge < -0.3 is 10.2 Å². The molecule has 0 aromatic heterocycles. The SMILES string of the molecule is O=C1C(=O)N(c2ccc(F)cc2)C(c2cccc(O)c2)/C1=C(/O)c1ccc2c(c1)CCCC2. The molecular weight excluding hydrogens is 421 g/mol. The largest absolute Gasteiger partial charge is 0.508 e. The number of ketones is 1. The van der Waals surface area contributed by atoms with Crippen LogP contribution in [0.4, 0.5) is 10.1 Å². The van der Waals surface area contributed by atoms with Gasteiger partial charge in [-0.3, -0.25) is 14.5 Å². The molecule has 1 amide bonds. The summed E-state index contributed by atoms with van der Waals surface area (Å²) < 4.78 is 13.5. The molecule has 1 fully saturated rings. The van der Waals surface area contributed by atoms with Crippen molar-refractivity contribution in [1.29, 1.82) is 0 Å². The van der Waals surface area contributed by atoms with Crippen molar-refractivity contribution in [1.82, 2.24) is 0 Å². The molecule has 3 aromatic rings. The Labute approximate surface area is 190 Å². The zero-order valence-electron chi connectivity index (χ0n) is 17.8. The van der Waals surface area contributed by atoms with Gasteiger partial charge in [0.15, 0.2) is 0 Å². The summed E-state index contributed by atoms with van der Waals surface area (Å²) in [6.45, 7) is 0. The average Bonchev–Trinajstić information content (AvgIpc) is 3.09. The Bertz CT molecular complexity index is 1300. The van der Waals surface area contributed by atoms with Gasteiger partial charge >= 0.3 is 0 Å². The average molecular weight is 443 g/mol. The molecule has 1 aliphatic carbocycles. The van der Waals surface area contributed by atoms with Gasteiger partial charge in [-0.2, -0.15) is 0 Å². The van der Waals surface area contributed by atoms with Gasteiger partial charge in [-0.05, 0) is 84.8 Å². The number of rotatable bonds is 3. The van der Waals surface area contributed by atoms with E-state index in [9.17, 15) is 24.2 Å². The van der Waals surface area contributed by atoms with E-state index in [0.717, 1.165) is 31.2 Å². The van der Waals surface area contributed by atoms with E-state index in [1.807, 2.05) is 12.1 Å². The fourth-order valence-corrected chi connectivity index (χ4v) is 4.75. The fraction of sp³-hybridized carbons (Fsp3) is 0.185. The van der Waals surface area contributed by atoms with Crippen molar-refractivity contribution in [2.24, 2.45) is 0 Å². The molecule has 1 heterocycles. The number of nitrogens with zero attached hydrogens (tertiary/aromatic N) is 1. The molecule has 0 spiro atoms. The predicted molar refractivity (Wildman–Crippen MR) is 122 cm³/mol. The van der Waals surface area contributed by atoms with Crippen molar-refractivity contribution in [2.75, 3.05) is 4.90 Å². The van der Waals surface area contributed by atoms with Crippen LogP contribution in [0.1, 0.15) is 41.1 Å². The van der Waals surface area contributed by atoms with Crippen LogP contribution < -0.4 is 4.90 Å². The molecule has 0 bridgehead atoms. The Hall–Kier alpha value is -3.93. The number of amides is 1. The number of aliphatic hydroxyl groups is 1. The van der Waals surface area contributed by atoms with E-state index in [0.29, 0.717) is 16.8 Å². The van der Waals surface area contributed by atoms with Gasteiger partial charge in [-0.1, -0.05) is 24.3 Å². The molecule has 3 aromatic carbocycles. The highest BCUT2D eigenvalue weighted by molar-refractivity contribution is 6.51. The minimum Gasteiger partial charge on any atom is -0.508 e. The lowest BCUT2D eigenvalue weighted by molar-refractivity contribution is -0.132. The molecule has 1 saturated heterocycles. The van der Waals surface area contributed by atoms with Gasteiger partial charge in [0.1, 0.15) is 17.3 Å². The first-order chi connectivity index (χ1) is 15.9. The molecule has 166 valence electrons. The van der Waals surface area contributed by atoms with Gasteiger partial charge in [-0.25, -0.2) is 4.39 Å². The number of hydrogen-bond acceptors (Lipinski definition) is 4. The van der Waals surface area contributed by atoms with Gasteiger partial charge in [0.2, 0.25) is 0 Å². The van der Waals surface area contributed by atoms with Crippen molar-refractivity contribution in [3.8, 4) is 5.75 Å². The molecule has 2 N–H and O–H groups in total. The minimum absolute atomic E-state index is 0.0361. The van der Waals surface area contributed by atoms with E-state index in [4.69, 9.17) is 0 Å². The number of Topliss-reactive ketones (excluding diaryl/α,β-unsaturated/α-hetero) is 1. The van der Waals surface area contributed by atoms with Crippen LogP contribution >= 0.6 is 0 Å². The van der Waals surface area contributed by atoms with E-state index in [1.54, 1.807) is 18.2 Å². The topological polar surface area (TPSA) is 77.8 Å². The van der Waals surface area contributed by atoms with E-state index in [2.05, 4.69) is 0 Å². The summed E-state index contributed by atoms with van der Waals surface area (Å²) >= 11 is 0. The number of benzene rings is 3. The number of carbonyl (C=O) groups excluding carboxylic acids is 2. The third kappa shape index (κ3) is 3.67. The number of carbonyl (C=O) groups is 2. The van der Waals surface area contributed by atoms with Crippen LogP contribution in [0.5, 0.6) is 5.75 Å². The standard InChI is InChI=1S/C27H22FNO4/c28-20-10-12-21(13-11-20)29-24(18-6-3-7-22(30)15-18)23(26(32)27(29)33)25(31)19-9-8-16-4-1-2-5-17(16)14-19/h3,6-15,24,30-31H,1-2,4-5H2/b25-23-. The number of hydrogen-bond donors (Lipinski definition) is 2. The summed E-state index contributed by atoms with van der Waals surface area (Å²) in [7, 11) is 0. The molecule has 1 unspecified atom stereocenters. The summed E-state index contributed by atoms with van der Waals surface area (Å²) in [4.78, 5) is 27.5. The Balaban J connectivity index is 1.70. The Morgan fingerprint density at radius 3 is 2.36 bits per heavy atom. The number of fused-ring (bicyclic) bond motifs is 1. The second-order valence-electron chi connectivity index (χ2n) is 8.43. The molecule has 0 radical (unpaired) electrons. The van der Waals surface area contributed by atoms with Crippen molar-refractivity contribution in [3.05, 3.63) is 100 Å². The Kier molecular flexibility index (Phi) is 5.21. The van der Waals surface area contributed by atoms with E-state index < -0.39 is 23.5 Å². The van der Waals surface area contributed by atoms with Crippen LogP contribution in [0.15, 0.2) is 72.3 Å². The molecule has 2 aliphatic rings. The first kappa shape index (κ1) is 20.9. The monoisotopic (exact) mass is 443 g/mol. The maximum Gasteiger partial charge on any atom is 0.300 e. The summed E-state index contributed by atoms with van der Waals surface area (Å²) in [6, 6.07) is 16.1. The third-order valence-electron chi connectivity index (χ3n) is 6.36. The molecule has 0 saturated carbocycles. The Morgan fingerprint density at radius 1 is 0.909 bits per heavy atom. The number of aliphatic hydroxyl groups excluding tert-OH is 1. The highest BCUT2D eigenvalue weighted by Gasteiger charge is 2.47. The van der Waals surface area contributed by atoms with Crippen molar-refractivity contribution in [3.63, 3.8) is 0 Å². The molecule has 1 aliphatic heterocycles. The van der Waals surface area contributed by atoms with Gasteiger partial charge in [0.25, 0.3) is 11.7 Å². The number of phenols is 1. The lowest BCUT2D eigenvalue weighted by atomic mass is 9.88. The normalized spacial score (nSPS) is 19.5. The summed E-state index contributed by atoms with van der Waals surface area (Å²) in [6.07, 6.45) is 4.07. The second-order valence-corrected chi connectivity index (χ2v) is 8.43. The number of aromatic hydroxyl groups is 1. The smallest absolute Gasteiger partial charge is 0.300 e. The van der Waals surface area contributed by atoms with Crippen molar-refractivity contribution in [2.45, 2.75) is 31.7 Å². The fourth-order valence-electron chi connectivity index (χ4n) is 4.75. The van der Waals surface area contributed by atoms with E-state index in [-0.39, 0.29) is 17.1 Å². The van der Waals surface area contributed by atoms with Crippen LogP contribution in [0.2, 0.25) is 0 Å². The summed E-state index contributed by atoms with van der Waals surface area (Å²) in [5.41, 5.74) is 3.54. The number of anilines is 1. The number of phenolic OH excluding ortho intramolecular Hbond substituents is 1. The van der Waals surface area contributed by atoms with E-state index in [1.165, 1.54) is 46.9 Å². The minimum atomic E-state index is -0.974. The second kappa shape index (κ2) is 8.20. The summed E-state index contributed by atoms with van der Waals surface area (Å²) in [5.74, 6) is -2.43. The molecule has 5 rings (SSSR count). The maximum atomic E-state index is 13.5. The molecular formula is C27H22FNO4. The highest BCUT2D eigenvalue weighted by atomic mass is 19.1. The lowest BCUT2D eigenvalue weighted by Crippen LogP contribution is -2.29. The maximum absolute atomic E-state index is 13.5. The third-order valence-corrected chi connectivity index (χ3v) is 6.36. The van der Waals surface area contributed by atoms with Gasteiger partial charge in [0.05, 0.1) is 11.6 Å². The molecule has 6 heteroatoms. The molecule has 1 atom stereocenters. The zero-order chi connectivity index (χ0) is 23.1. The van der Waals surface area contributed by atoms with Crippen LogP contribution in [-0.2, 0) is 22.4 Å². The molecule has 5 nitrogen and oxygen atoms in total. The zero-order valence-corrected chi connectivity index (χ0v) is 17.8. The van der Waals surface area contributed by atoms with Crippen molar-refractivity contribution >= 4 is 23.1 Å². The summed E-state index contributed by atoms with van der Waals surface area (Å²) in [5, 5.41) is 21.3. The number of aryl methyl sites for hydroxylation is 2. The van der Waals surface area contributed by atoms with E-state index >= 15 is 0 Å². The highest BCUT2D eigenvalue weighted by Crippen LogP contribution is 2.43. The first-order valence-corrected chi connectivity index (χ1v) is 10.9. The van der Waals surface area contributed by atoms with Crippen LogP contribution in [0.3, 0.4) is 0 Å². The Morgan fingerprint density at radius 2 is 1.64 bits per heavy atom. The molecule has 33 heavy (non-hydrogen) atoms. The van der Waals surface area contributed by atoms with Gasteiger partial charge in [0, 0.05) is 11.3 Å². The van der Waals surface area contributed by atoms with Crippen LogP contribution in [0, 0.1) is 5.82 Å². The van der Waals surface area contributed by atoms with Crippen LogP contribution in [-0.4, -0.2) is 21.9 Å². The van der Waals surface area contributed by atoms with Crippen molar-refractivity contribution < 1.29 is 24.2 Å². The first-order valence-electron chi connectivity index (χ1n) is 10.9. The van der Waals surface area contributed by atoms with Crippen LogP contribution in [0.25, 0.3) is 5.76 Å². The quantitative estimate of drug-likeness (QED) is 0.338.